The van der Waals surface area contributed by atoms with Crippen LogP contribution in [0.2, 0.25) is 0 Å². The van der Waals surface area contributed by atoms with Crippen LogP contribution in [0.15, 0.2) is 0 Å². The number of hydroxylamine groups is 1. The van der Waals surface area contributed by atoms with Gasteiger partial charge < -0.3 is 16.0 Å². The monoisotopic (exact) mass is 358 g/mol. The summed E-state index contributed by atoms with van der Waals surface area (Å²) in [4.78, 5) is 0. The number of rotatable bonds is 19. The Morgan fingerprint density at radius 2 is 1.08 bits per heavy atom. The second-order valence-electron chi connectivity index (χ2n) is 7.87. The Morgan fingerprint density at radius 3 is 1.44 bits per heavy atom. The van der Waals surface area contributed by atoms with Crippen molar-refractivity contribution in [1.29, 1.82) is 0 Å². The van der Waals surface area contributed by atoms with Crippen LogP contribution in [0.25, 0.3) is 0 Å². The van der Waals surface area contributed by atoms with Crippen LogP contribution in [-0.2, 0) is 0 Å². The summed E-state index contributed by atoms with van der Waals surface area (Å²) in [5.41, 5.74) is 8.04. The van der Waals surface area contributed by atoms with Gasteiger partial charge in [0.15, 0.2) is 0 Å². The van der Waals surface area contributed by atoms with E-state index in [1.165, 1.54) is 83.5 Å². The molecule has 5 N–H and O–H groups in total. The predicted molar refractivity (Wildman–Crippen MR) is 108 cm³/mol. The Bertz CT molecular complexity index is 264. The van der Waals surface area contributed by atoms with Crippen LogP contribution in [0.1, 0.15) is 117 Å². The van der Waals surface area contributed by atoms with Crippen molar-refractivity contribution in [3.8, 4) is 0 Å². The normalized spacial score (nSPS) is 15.2. The Labute approximate surface area is 156 Å². The van der Waals surface area contributed by atoms with Crippen molar-refractivity contribution in [3.05, 3.63) is 0 Å². The van der Waals surface area contributed by atoms with E-state index < -0.39 is 6.23 Å². The lowest BCUT2D eigenvalue weighted by Crippen LogP contribution is -2.27. The summed E-state index contributed by atoms with van der Waals surface area (Å²) in [5, 5.41) is 17.6. The third-order valence-corrected chi connectivity index (χ3v) is 5.54. The summed E-state index contributed by atoms with van der Waals surface area (Å²) in [6.45, 7) is 4.50. The van der Waals surface area contributed by atoms with Crippen LogP contribution < -0.4 is 11.2 Å². The largest absolute Gasteiger partial charge is 0.377 e. The first-order valence-electron chi connectivity index (χ1n) is 10.9. The summed E-state index contributed by atoms with van der Waals surface area (Å²) in [5.74, 6) is 0.671. The Hall–Kier alpha value is -0.160. The van der Waals surface area contributed by atoms with E-state index in [1.54, 1.807) is 0 Å². The average molecular weight is 359 g/mol. The maximum absolute atomic E-state index is 9.14. The zero-order valence-electron chi connectivity index (χ0n) is 17.0. The first-order chi connectivity index (χ1) is 12.1. The average Bonchev–Trinajstić information content (AvgIpc) is 2.63. The lowest BCUT2D eigenvalue weighted by Gasteiger charge is -2.17. The third kappa shape index (κ3) is 17.0. The quantitative estimate of drug-likeness (QED) is 0.139. The van der Waals surface area contributed by atoms with E-state index in [0.29, 0.717) is 18.4 Å². The molecule has 0 aromatic heterocycles. The highest BCUT2D eigenvalue weighted by Crippen LogP contribution is 2.15. The summed E-state index contributed by atoms with van der Waals surface area (Å²) in [7, 11) is 0. The summed E-state index contributed by atoms with van der Waals surface area (Å²) < 4.78 is 0. The Kier molecular flexibility index (Phi) is 18.5. The van der Waals surface area contributed by atoms with Crippen molar-refractivity contribution >= 4 is 0 Å². The maximum Gasteiger partial charge on any atom is 0.126 e. The molecule has 0 saturated carbocycles. The van der Waals surface area contributed by atoms with Gasteiger partial charge in [-0.1, -0.05) is 97.3 Å². The molecule has 4 heteroatoms. The minimum atomic E-state index is -0.753. The van der Waals surface area contributed by atoms with Crippen LogP contribution in [0.4, 0.5) is 0 Å². The zero-order chi connectivity index (χ0) is 18.8. The van der Waals surface area contributed by atoms with Crippen molar-refractivity contribution in [1.82, 2.24) is 5.48 Å². The van der Waals surface area contributed by atoms with Crippen LogP contribution in [0.3, 0.4) is 0 Å². The van der Waals surface area contributed by atoms with Crippen molar-refractivity contribution < 1.29 is 10.3 Å². The first kappa shape index (κ1) is 24.8. The SMILES string of the molecule is CCC(C)C(N)CCCCCCCCCCCCCCCC(O)NO. The molecule has 0 saturated heterocycles. The molecular weight excluding hydrogens is 312 g/mol. The molecule has 0 amide bonds. The predicted octanol–water partition coefficient (Wildman–Crippen LogP) is 5.51. The third-order valence-electron chi connectivity index (χ3n) is 5.54. The highest BCUT2D eigenvalue weighted by atomic mass is 16.5. The van der Waals surface area contributed by atoms with Gasteiger partial charge in [-0.25, -0.2) is 0 Å². The maximum atomic E-state index is 9.14. The molecule has 3 atom stereocenters. The van der Waals surface area contributed by atoms with Crippen LogP contribution in [0, 0.1) is 5.92 Å². The van der Waals surface area contributed by atoms with Gasteiger partial charge in [-0.2, -0.15) is 5.48 Å². The molecule has 0 aliphatic rings. The number of aliphatic hydroxyl groups is 1. The van der Waals surface area contributed by atoms with Gasteiger partial charge in [-0.15, -0.1) is 0 Å². The van der Waals surface area contributed by atoms with Gasteiger partial charge in [0.1, 0.15) is 6.23 Å². The molecular formula is C21H46N2O2. The molecule has 0 aromatic carbocycles. The van der Waals surface area contributed by atoms with Crippen molar-refractivity contribution in [2.75, 3.05) is 0 Å². The highest BCUT2D eigenvalue weighted by Gasteiger charge is 2.09. The molecule has 0 radical (unpaired) electrons. The van der Waals surface area contributed by atoms with E-state index in [-0.39, 0.29) is 0 Å². The minimum Gasteiger partial charge on any atom is -0.377 e. The van der Waals surface area contributed by atoms with Gasteiger partial charge in [0.05, 0.1) is 0 Å². The molecule has 0 bridgehead atoms. The zero-order valence-corrected chi connectivity index (χ0v) is 17.0. The van der Waals surface area contributed by atoms with Crippen LogP contribution in [0.5, 0.6) is 0 Å². The van der Waals surface area contributed by atoms with E-state index in [0.717, 1.165) is 12.8 Å². The Morgan fingerprint density at radius 1 is 0.720 bits per heavy atom. The second-order valence-corrected chi connectivity index (χ2v) is 7.87. The molecule has 0 fully saturated rings. The molecule has 0 aliphatic carbocycles. The molecule has 0 spiro atoms. The molecule has 4 nitrogen and oxygen atoms in total. The lowest BCUT2D eigenvalue weighted by atomic mass is 9.94. The van der Waals surface area contributed by atoms with E-state index in [4.69, 9.17) is 16.0 Å². The molecule has 0 aromatic rings. The molecule has 152 valence electrons. The Balaban J connectivity index is 3.12. The number of nitrogens with one attached hydrogen (secondary N) is 1. The summed E-state index contributed by atoms with van der Waals surface area (Å²) in [6, 6.07) is 0.404. The fourth-order valence-corrected chi connectivity index (χ4v) is 3.31. The van der Waals surface area contributed by atoms with Gasteiger partial charge in [-0.05, 0) is 25.2 Å². The molecule has 0 heterocycles. The molecule has 3 unspecified atom stereocenters. The number of nitrogens with two attached hydrogens (primary N) is 1. The standard InChI is InChI=1S/C21H46N2O2/c1-3-19(2)20(22)17-15-13-11-9-7-5-4-6-8-10-12-14-16-18-21(24)23-25/h19-21,23-25H,3-18,22H2,1-2H3. The van der Waals surface area contributed by atoms with Crippen molar-refractivity contribution in [2.45, 2.75) is 129 Å². The van der Waals surface area contributed by atoms with Gasteiger partial charge >= 0.3 is 0 Å². The van der Waals surface area contributed by atoms with Gasteiger partial charge in [0.25, 0.3) is 0 Å². The van der Waals surface area contributed by atoms with Crippen molar-refractivity contribution in [2.24, 2.45) is 11.7 Å². The number of hydrogen-bond donors (Lipinski definition) is 4. The fraction of sp³-hybridized carbons (Fsp3) is 1.00. The first-order valence-corrected chi connectivity index (χ1v) is 10.9. The molecule has 25 heavy (non-hydrogen) atoms. The minimum absolute atomic E-state index is 0.404. The van der Waals surface area contributed by atoms with Crippen LogP contribution in [-0.4, -0.2) is 22.6 Å². The van der Waals surface area contributed by atoms with Gasteiger partial charge in [0.2, 0.25) is 0 Å². The summed E-state index contributed by atoms with van der Waals surface area (Å²) in [6.07, 6.45) is 19.3. The number of aliphatic hydroxyl groups excluding tert-OH is 1. The van der Waals surface area contributed by atoms with E-state index in [2.05, 4.69) is 13.8 Å². The molecule has 0 aliphatic heterocycles. The molecule has 0 rings (SSSR count). The smallest absolute Gasteiger partial charge is 0.126 e. The van der Waals surface area contributed by atoms with E-state index in [1.807, 2.05) is 5.48 Å². The fourth-order valence-electron chi connectivity index (χ4n) is 3.31. The second kappa shape index (κ2) is 18.6. The van der Waals surface area contributed by atoms with Gasteiger partial charge in [0, 0.05) is 6.04 Å². The number of hydrogen-bond acceptors (Lipinski definition) is 4. The van der Waals surface area contributed by atoms with E-state index in [9.17, 15) is 0 Å². The van der Waals surface area contributed by atoms with E-state index >= 15 is 0 Å². The summed E-state index contributed by atoms with van der Waals surface area (Å²) >= 11 is 0. The van der Waals surface area contributed by atoms with Crippen LogP contribution >= 0.6 is 0 Å². The topological polar surface area (TPSA) is 78.5 Å². The highest BCUT2D eigenvalue weighted by molar-refractivity contribution is 4.67. The van der Waals surface area contributed by atoms with Crippen molar-refractivity contribution in [3.63, 3.8) is 0 Å². The number of unbranched alkanes of at least 4 members (excludes halogenated alkanes) is 12. The van der Waals surface area contributed by atoms with Gasteiger partial charge in [-0.3, -0.25) is 0 Å². The lowest BCUT2D eigenvalue weighted by molar-refractivity contribution is -0.00393.